The van der Waals surface area contributed by atoms with Crippen LogP contribution in [0.2, 0.25) is 0 Å². The second-order valence-electron chi connectivity index (χ2n) is 3.36. The van der Waals surface area contributed by atoms with Crippen molar-refractivity contribution in [2.75, 3.05) is 0 Å². The predicted molar refractivity (Wildman–Crippen MR) is 58.9 cm³/mol. The van der Waals surface area contributed by atoms with Crippen molar-refractivity contribution in [3.8, 4) is 0 Å². The van der Waals surface area contributed by atoms with E-state index in [1.165, 1.54) is 10.5 Å². The van der Waals surface area contributed by atoms with Crippen LogP contribution in [0.3, 0.4) is 0 Å². The van der Waals surface area contributed by atoms with Gasteiger partial charge in [-0.2, -0.15) is 0 Å². The average Bonchev–Trinajstić information content (AvgIpc) is 2.30. The summed E-state index contributed by atoms with van der Waals surface area (Å²) in [6.45, 7) is 8.11. The van der Waals surface area contributed by atoms with E-state index in [9.17, 15) is 0 Å². The van der Waals surface area contributed by atoms with Gasteiger partial charge in [0.2, 0.25) is 0 Å². The normalized spacial score (nSPS) is 14.7. The van der Waals surface area contributed by atoms with E-state index in [-0.39, 0.29) is 6.04 Å². The van der Waals surface area contributed by atoms with Gasteiger partial charge in [0.05, 0.1) is 15.6 Å². The van der Waals surface area contributed by atoms with Gasteiger partial charge in [-0.05, 0) is 33.8 Å². The third kappa shape index (κ3) is 2.64. The van der Waals surface area contributed by atoms with Crippen molar-refractivity contribution < 1.29 is 0 Å². The van der Waals surface area contributed by atoms with Gasteiger partial charge in [-0.15, -0.1) is 11.3 Å². The Morgan fingerprint density at radius 2 is 2.15 bits per heavy atom. The molecule has 0 saturated heterocycles. The molecule has 0 aromatic carbocycles. The molecule has 1 rings (SSSR count). The van der Waals surface area contributed by atoms with Crippen LogP contribution in [0.25, 0.3) is 6.08 Å². The summed E-state index contributed by atoms with van der Waals surface area (Å²) in [5, 5.41) is 1.11. The van der Waals surface area contributed by atoms with Gasteiger partial charge in [0.25, 0.3) is 0 Å². The van der Waals surface area contributed by atoms with Gasteiger partial charge in [0.1, 0.15) is 0 Å². The molecule has 0 aliphatic carbocycles. The van der Waals surface area contributed by atoms with E-state index in [0.29, 0.717) is 0 Å². The highest BCUT2D eigenvalue weighted by Gasteiger charge is 2.03. The maximum atomic E-state index is 5.76. The van der Waals surface area contributed by atoms with Crippen LogP contribution in [0.5, 0.6) is 0 Å². The average molecular weight is 196 g/mol. The van der Waals surface area contributed by atoms with E-state index < -0.39 is 0 Å². The van der Waals surface area contributed by atoms with Crippen LogP contribution >= 0.6 is 11.3 Å². The Kier molecular flexibility index (Phi) is 3.22. The monoisotopic (exact) mass is 196 g/mol. The summed E-state index contributed by atoms with van der Waals surface area (Å²) in [6, 6.07) is 0.127. The third-order valence-electron chi connectivity index (χ3n) is 2.02. The molecule has 1 unspecified atom stereocenters. The number of aryl methyl sites for hydroxylation is 2. The van der Waals surface area contributed by atoms with Crippen molar-refractivity contribution in [1.29, 1.82) is 0 Å². The Hall–Kier alpha value is -0.670. The van der Waals surface area contributed by atoms with Crippen LogP contribution < -0.4 is 5.73 Å². The van der Waals surface area contributed by atoms with Crippen LogP contribution in [-0.4, -0.2) is 11.0 Å². The summed E-state index contributed by atoms with van der Waals surface area (Å²) in [7, 11) is 0. The first-order valence-electron chi connectivity index (χ1n) is 4.38. The topological polar surface area (TPSA) is 38.9 Å². The summed E-state index contributed by atoms with van der Waals surface area (Å²) in [5.41, 5.74) is 8.06. The number of hydrogen-bond acceptors (Lipinski definition) is 3. The van der Waals surface area contributed by atoms with Crippen LogP contribution in [-0.2, 0) is 0 Å². The molecule has 1 atom stereocenters. The lowest BCUT2D eigenvalue weighted by atomic mass is 10.1. The Morgan fingerprint density at radius 1 is 1.54 bits per heavy atom. The molecule has 0 aliphatic heterocycles. The zero-order chi connectivity index (χ0) is 10.0. The van der Waals surface area contributed by atoms with Gasteiger partial charge in [0.15, 0.2) is 0 Å². The van der Waals surface area contributed by atoms with E-state index in [0.717, 1.165) is 10.7 Å². The summed E-state index contributed by atoms with van der Waals surface area (Å²) < 4.78 is 0. The Bertz CT molecular complexity index is 324. The molecule has 0 aliphatic rings. The van der Waals surface area contributed by atoms with Gasteiger partial charge in [-0.3, -0.25) is 0 Å². The summed E-state index contributed by atoms with van der Waals surface area (Å²) in [6.07, 6.45) is 2.13. The molecule has 13 heavy (non-hydrogen) atoms. The molecule has 0 amide bonds. The number of nitrogens with zero attached hydrogens (tertiary/aromatic N) is 1. The second kappa shape index (κ2) is 4.03. The lowest BCUT2D eigenvalue weighted by Gasteiger charge is -2.03. The maximum absolute atomic E-state index is 5.76. The third-order valence-corrected chi connectivity index (χ3v) is 3.04. The molecule has 2 N–H and O–H groups in total. The van der Waals surface area contributed by atoms with Crippen molar-refractivity contribution in [1.82, 2.24) is 4.98 Å². The van der Waals surface area contributed by atoms with Gasteiger partial charge in [-0.1, -0.05) is 5.57 Å². The zero-order valence-electron chi connectivity index (χ0n) is 8.59. The van der Waals surface area contributed by atoms with Gasteiger partial charge in [-0.25, -0.2) is 4.98 Å². The molecule has 72 valence electrons. The van der Waals surface area contributed by atoms with Gasteiger partial charge in [0, 0.05) is 6.04 Å². The first kappa shape index (κ1) is 10.4. The summed E-state index contributed by atoms with van der Waals surface area (Å²) in [5.74, 6) is 0. The highest BCUT2D eigenvalue weighted by Crippen LogP contribution is 2.20. The van der Waals surface area contributed by atoms with E-state index in [1.807, 2.05) is 20.8 Å². The van der Waals surface area contributed by atoms with Crippen molar-refractivity contribution in [3.63, 3.8) is 0 Å². The van der Waals surface area contributed by atoms with Crippen molar-refractivity contribution >= 4 is 17.4 Å². The van der Waals surface area contributed by atoms with E-state index >= 15 is 0 Å². The molecule has 1 heterocycles. The molecular formula is C10H16N2S. The Labute approximate surface area is 83.5 Å². The first-order chi connectivity index (χ1) is 6.00. The second-order valence-corrected chi connectivity index (χ2v) is 4.59. The van der Waals surface area contributed by atoms with Crippen molar-refractivity contribution in [2.24, 2.45) is 5.73 Å². The molecule has 3 heteroatoms. The number of hydrogen-bond donors (Lipinski definition) is 1. The number of thiazole rings is 1. The quantitative estimate of drug-likeness (QED) is 0.789. The molecular weight excluding hydrogens is 180 g/mol. The molecule has 0 bridgehead atoms. The zero-order valence-corrected chi connectivity index (χ0v) is 9.40. The number of rotatable bonds is 2. The maximum Gasteiger partial charge on any atom is 0.0903 e. The van der Waals surface area contributed by atoms with Crippen LogP contribution in [0.15, 0.2) is 5.57 Å². The lowest BCUT2D eigenvalue weighted by Crippen LogP contribution is -2.15. The highest BCUT2D eigenvalue weighted by atomic mass is 32.1. The fraction of sp³-hybridized carbons (Fsp3) is 0.500. The van der Waals surface area contributed by atoms with Crippen LogP contribution in [0.4, 0.5) is 0 Å². The largest absolute Gasteiger partial charge is 0.324 e. The molecule has 1 aromatic rings. The van der Waals surface area contributed by atoms with Crippen molar-refractivity contribution in [3.05, 3.63) is 21.2 Å². The molecule has 0 saturated carbocycles. The smallest absolute Gasteiger partial charge is 0.0903 e. The highest BCUT2D eigenvalue weighted by molar-refractivity contribution is 7.12. The first-order valence-corrected chi connectivity index (χ1v) is 5.20. The van der Waals surface area contributed by atoms with E-state index in [2.05, 4.69) is 18.0 Å². The minimum atomic E-state index is 0.127. The van der Waals surface area contributed by atoms with Crippen LogP contribution in [0, 0.1) is 13.8 Å². The Morgan fingerprint density at radius 3 is 2.54 bits per heavy atom. The molecule has 1 aromatic heterocycles. The van der Waals surface area contributed by atoms with Gasteiger partial charge < -0.3 is 5.73 Å². The molecule has 0 radical (unpaired) electrons. The number of nitrogens with two attached hydrogens (primary N) is 1. The predicted octanol–water partition coefficient (Wildman–Crippen LogP) is 2.51. The molecule has 0 spiro atoms. The minimum Gasteiger partial charge on any atom is -0.324 e. The summed E-state index contributed by atoms with van der Waals surface area (Å²) >= 11 is 1.72. The number of aromatic nitrogens is 1. The fourth-order valence-corrected chi connectivity index (χ4v) is 1.96. The standard InChI is InChI=1S/C10H16N2S/c1-6(7(2)11)5-10-8(3)12-9(4)13-10/h5,7H,11H2,1-4H3. The summed E-state index contributed by atoms with van der Waals surface area (Å²) in [4.78, 5) is 5.59. The van der Waals surface area contributed by atoms with Crippen molar-refractivity contribution in [2.45, 2.75) is 33.7 Å². The van der Waals surface area contributed by atoms with E-state index in [4.69, 9.17) is 5.73 Å². The van der Waals surface area contributed by atoms with Gasteiger partial charge >= 0.3 is 0 Å². The van der Waals surface area contributed by atoms with Crippen LogP contribution in [0.1, 0.15) is 29.4 Å². The SMILES string of the molecule is CC(=Cc1sc(C)nc1C)C(C)N. The molecule has 0 fully saturated rings. The molecule has 2 nitrogen and oxygen atoms in total. The Balaban J connectivity index is 2.96. The van der Waals surface area contributed by atoms with E-state index in [1.54, 1.807) is 11.3 Å². The fourth-order valence-electron chi connectivity index (χ4n) is 1.02. The lowest BCUT2D eigenvalue weighted by molar-refractivity contribution is 0.868. The minimum absolute atomic E-state index is 0.127.